The molecule has 2 aromatic carbocycles. The Morgan fingerprint density at radius 2 is 1.57 bits per heavy atom. The SMILES string of the molecule is Cc1ccccc1OC(=O)c1ccccc1C(=O)c1cccs1. The van der Waals surface area contributed by atoms with Gasteiger partial charge < -0.3 is 4.74 Å². The van der Waals surface area contributed by atoms with Gasteiger partial charge in [0, 0.05) is 5.56 Å². The van der Waals surface area contributed by atoms with Crippen molar-refractivity contribution >= 4 is 23.1 Å². The summed E-state index contributed by atoms with van der Waals surface area (Å²) in [5.74, 6) is -0.201. The average Bonchev–Trinajstić information content (AvgIpc) is 3.11. The van der Waals surface area contributed by atoms with Gasteiger partial charge in [0.25, 0.3) is 0 Å². The van der Waals surface area contributed by atoms with Gasteiger partial charge >= 0.3 is 5.97 Å². The number of para-hydroxylation sites is 1. The molecule has 0 aliphatic heterocycles. The fourth-order valence-corrected chi connectivity index (χ4v) is 2.90. The molecule has 0 aliphatic carbocycles. The zero-order chi connectivity index (χ0) is 16.2. The van der Waals surface area contributed by atoms with Crippen LogP contribution in [0, 0.1) is 6.92 Å². The van der Waals surface area contributed by atoms with Gasteiger partial charge in [0.1, 0.15) is 5.75 Å². The highest BCUT2D eigenvalue weighted by Crippen LogP contribution is 2.22. The number of ketones is 1. The molecule has 0 aliphatic rings. The van der Waals surface area contributed by atoms with Crippen molar-refractivity contribution in [1.29, 1.82) is 0 Å². The summed E-state index contributed by atoms with van der Waals surface area (Å²) < 4.78 is 5.45. The topological polar surface area (TPSA) is 43.4 Å². The maximum absolute atomic E-state index is 12.6. The van der Waals surface area contributed by atoms with E-state index in [4.69, 9.17) is 4.74 Å². The van der Waals surface area contributed by atoms with Crippen LogP contribution in [0.2, 0.25) is 0 Å². The van der Waals surface area contributed by atoms with Crippen LogP contribution in [0.5, 0.6) is 5.75 Å². The van der Waals surface area contributed by atoms with E-state index in [-0.39, 0.29) is 11.3 Å². The quantitative estimate of drug-likeness (QED) is 0.403. The normalized spacial score (nSPS) is 10.3. The van der Waals surface area contributed by atoms with Gasteiger partial charge in [-0.05, 0) is 36.1 Å². The van der Waals surface area contributed by atoms with Crippen molar-refractivity contribution < 1.29 is 14.3 Å². The van der Waals surface area contributed by atoms with Gasteiger partial charge in [-0.3, -0.25) is 4.79 Å². The summed E-state index contributed by atoms with van der Waals surface area (Å²) in [7, 11) is 0. The molecule has 4 heteroatoms. The third-order valence-electron chi connectivity index (χ3n) is 3.43. The van der Waals surface area contributed by atoms with Gasteiger partial charge in [0.15, 0.2) is 0 Å². The molecule has 0 bridgehead atoms. The fraction of sp³-hybridized carbons (Fsp3) is 0.0526. The maximum atomic E-state index is 12.6. The third kappa shape index (κ3) is 3.22. The largest absolute Gasteiger partial charge is 0.423 e. The molecule has 0 amide bonds. The number of benzene rings is 2. The highest BCUT2D eigenvalue weighted by atomic mass is 32.1. The van der Waals surface area contributed by atoms with Crippen molar-refractivity contribution in [2.75, 3.05) is 0 Å². The molecule has 0 unspecified atom stereocenters. The first-order chi connectivity index (χ1) is 11.2. The van der Waals surface area contributed by atoms with Crippen molar-refractivity contribution in [2.24, 2.45) is 0 Å². The number of ether oxygens (including phenoxy) is 1. The molecule has 0 radical (unpaired) electrons. The van der Waals surface area contributed by atoms with Crippen LogP contribution in [-0.4, -0.2) is 11.8 Å². The Morgan fingerprint density at radius 1 is 0.870 bits per heavy atom. The number of carbonyl (C=O) groups excluding carboxylic acids is 2. The lowest BCUT2D eigenvalue weighted by Gasteiger charge is -2.09. The van der Waals surface area contributed by atoms with Crippen LogP contribution < -0.4 is 4.74 Å². The number of esters is 1. The van der Waals surface area contributed by atoms with E-state index in [2.05, 4.69) is 0 Å². The lowest BCUT2D eigenvalue weighted by Crippen LogP contribution is -2.14. The van der Waals surface area contributed by atoms with Gasteiger partial charge in [-0.2, -0.15) is 0 Å². The first-order valence-corrected chi connectivity index (χ1v) is 8.00. The summed E-state index contributed by atoms with van der Waals surface area (Å²) in [5, 5.41) is 1.83. The maximum Gasteiger partial charge on any atom is 0.344 e. The summed E-state index contributed by atoms with van der Waals surface area (Å²) >= 11 is 1.35. The Labute approximate surface area is 138 Å². The number of thiophene rings is 1. The molecular formula is C19H14O3S. The predicted molar refractivity (Wildman–Crippen MR) is 90.3 cm³/mol. The molecule has 0 spiro atoms. The summed E-state index contributed by atoms with van der Waals surface area (Å²) in [6.45, 7) is 1.87. The van der Waals surface area contributed by atoms with E-state index < -0.39 is 5.97 Å². The minimum Gasteiger partial charge on any atom is -0.423 e. The molecular weight excluding hydrogens is 308 g/mol. The second-order valence-electron chi connectivity index (χ2n) is 5.01. The van der Waals surface area contributed by atoms with Crippen LogP contribution in [-0.2, 0) is 0 Å². The van der Waals surface area contributed by atoms with Crippen LogP contribution >= 0.6 is 11.3 Å². The molecule has 0 saturated heterocycles. The smallest absolute Gasteiger partial charge is 0.344 e. The molecule has 3 nitrogen and oxygen atoms in total. The monoisotopic (exact) mass is 322 g/mol. The average molecular weight is 322 g/mol. The van der Waals surface area contributed by atoms with E-state index >= 15 is 0 Å². The van der Waals surface area contributed by atoms with Crippen molar-refractivity contribution in [3.8, 4) is 5.75 Å². The number of hydrogen-bond acceptors (Lipinski definition) is 4. The Bertz CT molecular complexity index is 851. The van der Waals surface area contributed by atoms with Crippen LogP contribution in [0.1, 0.15) is 31.2 Å². The lowest BCUT2D eigenvalue weighted by atomic mass is 10.0. The highest BCUT2D eigenvalue weighted by Gasteiger charge is 2.20. The summed E-state index contributed by atoms with van der Waals surface area (Å²) in [6, 6.07) is 17.6. The standard InChI is InChI=1S/C19H14O3S/c1-13-7-2-5-10-16(13)22-19(21)15-9-4-3-8-14(15)18(20)17-11-6-12-23-17/h2-12H,1H3. The van der Waals surface area contributed by atoms with E-state index in [0.717, 1.165) is 5.56 Å². The van der Waals surface area contributed by atoms with Gasteiger partial charge in [-0.1, -0.05) is 42.5 Å². The molecule has 23 heavy (non-hydrogen) atoms. The molecule has 3 aromatic rings. The fourth-order valence-electron chi connectivity index (χ4n) is 2.23. The van der Waals surface area contributed by atoms with Gasteiger partial charge in [-0.25, -0.2) is 4.79 Å². The van der Waals surface area contributed by atoms with Crippen LogP contribution in [0.15, 0.2) is 66.0 Å². The van der Waals surface area contributed by atoms with Gasteiger partial charge in [-0.15, -0.1) is 11.3 Å². The molecule has 0 saturated carbocycles. The molecule has 114 valence electrons. The third-order valence-corrected chi connectivity index (χ3v) is 4.30. The van der Waals surface area contributed by atoms with E-state index in [1.807, 2.05) is 30.5 Å². The van der Waals surface area contributed by atoms with Crippen molar-refractivity contribution in [3.63, 3.8) is 0 Å². The summed E-state index contributed by atoms with van der Waals surface area (Å²) in [6.07, 6.45) is 0. The van der Waals surface area contributed by atoms with Crippen LogP contribution in [0.3, 0.4) is 0 Å². The minimum absolute atomic E-state index is 0.169. The number of hydrogen-bond donors (Lipinski definition) is 0. The first-order valence-electron chi connectivity index (χ1n) is 7.12. The number of rotatable bonds is 4. The Morgan fingerprint density at radius 3 is 2.26 bits per heavy atom. The molecule has 1 aromatic heterocycles. The Hall–Kier alpha value is -2.72. The van der Waals surface area contributed by atoms with Crippen LogP contribution in [0.25, 0.3) is 0 Å². The van der Waals surface area contributed by atoms with Crippen molar-refractivity contribution in [2.45, 2.75) is 6.92 Å². The lowest BCUT2D eigenvalue weighted by molar-refractivity contribution is 0.0729. The zero-order valence-corrected chi connectivity index (χ0v) is 13.3. The second kappa shape index (κ2) is 6.58. The number of aryl methyl sites for hydroxylation is 1. The minimum atomic E-state index is -0.528. The van der Waals surface area contributed by atoms with Gasteiger partial charge in [0.2, 0.25) is 5.78 Å². The highest BCUT2D eigenvalue weighted by molar-refractivity contribution is 7.12. The van der Waals surface area contributed by atoms with E-state index in [0.29, 0.717) is 16.2 Å². The molecule has 0 atom stereocenters. The molecule has 3 rings (SSSR count). The number of carbonyl (C=O) groups is 2. The van der Waals surface area contributed by atoms with E-state index in [1.54, 1.807) is 42.5 Å². The Kier molecular flexibility index (Phi) is 4.35. The predicted octanol–water partition coefficient (Wildman–Crippen LogP) is 4.51. The van der Waals surface area contributed by atoms with Crippen LogP contribution in [0.4, 0.5) is 0 Å². The Balaban J connectivity index is 1.93. The van der Waals surface area contributed by atoms with Crippen molar-refractivity contribution in [3.05, 3.63) is 87.6 Å². The van der Waals surface area contributed by atoms with Gasteiger partial charge in [0.05, 0.1) is 10.4 Å². The zero-order valence-electron chi connectivity index (χ0n) is 12.5. The first kappa shape index (κ1) is 15.2. The molecule has 0 N–H and O–H groups in total. The summed E-state index contributed by atoms with van der Waals surface area (Å²) in [4.78, 5) is 25.6. The molecule has 0 fully saturated rings. The van der Waals surface area contributed by atoms with Crippen molar-refractivity contribution in [1.82, 2.24) is 0 Å². The van der Waals surface area contributed by atoms with E-state index in [9.17, 15) is 9.59 Å². The summed E-state index contributed by atoms with van der Waals surface area (Å²) in [5.41, 5.74) is 1.49. The molecule has 1 heterocycles. The second-order valence-corrected chi connectivity index (χ2v) is 5.95. The van der Waals surface area contributed by atoms with E-state index in [1.165, 1.54) is 11.3 Å².